The first-order valence-electron chi connectivity index (χ1n) is 9.93. The second kappa shape index (κ2) is 7.74. The number of methoxy groups -OCH3 is 1. The summed E-state index contributed by atoms with van der Waals surface area (Å²) < 4.78 is 11.5. The molecule has 8 heteroatoms. The molecule has 3 aliphatic rings. The molecule has 7 nitrogen and oxygen atoms in total. The van der Waals surface area contributed by atoms with E-state index in [9.17, 15) is 19.8 Å². The number of carbonyl (C=O) groups is 2. The highest BCUT2D eigenvalue weighted by atomic mass is 32.1. The number of ether oxygens (including phenoxy) is 2. The van der Waals surface area contributed by atoms with E-state index in [0.29, 0.717) is 56.7 Å². The quantitative estimate of drug-likeness (QED) is 0.793. The Kier molecular flexibility index (Phi) is 5.48. The van der Waals surface area contributed by atoms with Gasteiger partial charge in [-0.05, 0) is 50.2 Å². The molecule has 0 unspecified atom stereocenters. The Balaban J connectivity index is 1.44. The smallest absolute Gasteiger partial charge is 0.345 e. The number of hydrogen-bond acceptors (Lipinski definition) is 6. The van der Waals surface area contributed by atoms with E-state index in [4.69, 9.17) is 9.47 Å². The lowest BCUT2D eigenvalue weighted by Gasteiger charge is -2.45. The van der Waals surface area contributed by atoms with Gasteiger partial charge in [-0.25, -0.2) is 4.79 Å². The third kappa shape index (κ3) is 3.47. The van der Waals surface area contributed by atoms with E-state index in [1.807, 2.05) is 4.90 Å². The fourth-order valence-electron chi connectivity index (χ4n) is 4.84. The maximum Gasteiger partial charge on any atom is 0.345 e. The number of carbonyl (C=O) groups excluding carboxylic acids is 1. The van der Waals surface area contributed by atoms with Crippen LogP contribution in [-0.2, 0) is 26.3 Å². The molecule has 154 valence electrons. The lowest BCUT2D eigenvalue weighted by Crippen LogP contribution is -2.50. The van der Waals surface area contributed by atoms with Crippen molar-refractivity contribution in [1.29, 1.82) is 0 Å². The van der Waals surface area contributed by atoms with Crippen LogP contribution in [-0.4, -0.2) is 66.0 Å². The molecule has 1 amide bonds. The number of carboxylic acid groups (broad SMARTS) is 1. The first kappa shape index (κ1) is 19.8. The van der Waals surface area contributed by atoms with Crippen LogP contribution in [0.2, 0.25) is 0 Å². The Morgan fingerprint density at radius 3 is 2.75 bits per heavy atom. The minimum atomic E-state index is -0.894. The second-order valence-electron chi connectivity index (χ2n) is 8.04. The lowest BCUT2D eigenvalue weighted by atomic mass is 9.82. The molecule has 4 rings (SSSR count). The Bertz CT molecular complexity index is 754. The zero-order valence-electron chi connectivity index (χ0n) is 16.1. The Labute approximate surface area is 168 Å². The number of aliphatic hydroxyl groups excluding tert-OH is 1. The van der Waals surface area contributed by atoms with Gasteiger partial charge in [0.05, 0.1) is 18.8 Å². The number of rotatable bonds is 3. The average molecular weight is 410 g/mol. The van der Waals surface area contributed by atoms with Gasteiger partial charge in [0, 0.05) is 31.0 Å². The number of amides is 1. The monoisotopic (exact) mass is 409 g/mol. The van der Waals surface area contributed by atoms with Crippen LogP contribution in [0.1, 0.15) is 52.2 Å². The van der Waals surface area contributed by atoms with E-state index >= 15 is 0 Å². The third-order valence-corrected chi connectivity index (χ3v) is 7.83. The van der Waals surface area contributed by atoms with Gasteiger partial charge in [0.25, 0.3) is 0 Å². The highest BCUT2D eigenvalue weighted by molar-refractivity contribution is 7.14. The van der Waals surface area contributed by atoms with Crippen LogP contribution in [0.5, 0.6) is 0 Å². The molecule has 1 saturated carbocycles. The molecule has 0 radical (unpaired) electrons. The molecule has 1 aromatic rings. The first-order chi connectivity index (χ1) is 13.4. The van der Waals surface area contributed by atoms with Gasteiger partial charge in [0.15, 0.2) is 0 Å². The first-order valence-corrected chi connectivity index (χ1v) is 10.8. The van der Waals surface area contributed by atoms with E-state index in [0.717, 1.165) is 16.9 Å². The summed E-state index contributed by atoms with van der Waals surface area (Å²) in [6, 6.07) is 1.78. The molecule has 2 aliphatic heterocycles. The van der Waals surface area contributed by atoms with Gasteiger partial charge in [0.2, 0.25) is 5.91 Å². The molecule has 1 spiro atoms. The number of hydrogen-bond donors (Lipinski definition) is 2. The molecule has 0 bridgehead atoms. The van der Waals surface area contributed by atoms with E-state index < -0.39 is 17.7 Å². The Hall–Kier alpha value is -1.48. The van der Waals surface area contributed by atoms with E-state index in [2.05, 4.69) is 0 Å². The summed E-state index contributed by atoms with van der Waals surface area (Å²) >= 11 is 1.32. The fraction of sp³-hybridized carbons (Fsp3) is 0.700. The minimum absolute atomic E-state index is 0.106. The topological polar surface area (TPSA) is 96.3 Å². The molecule has 28 heavy (non-hydrogen) atoms. The maximum atomic E-state index is 13.0. The van der Waals surface area contributed by atoms with Crippen molar-refractivity contribution in [2.45, 2.75) is 56.3 Å². The SMILES string of the molecule is CO[C@H]1C[C@@H](C(=O)N2CCC3(CC2)OCCc2cc(C(=O)O)sc23)CC[C@H]1O. The summed E-state index contributed by atoms with van der Waals surface area (Å²) in [7, 11) is 1.58. The normalized spacial score (nSPS) is 29.5. The largest absolute Gasteiger partial charge is 0.477 e. The minimum Gasteiger partial charge on any atom is -0.477 e. The van der Waals surface area contributed by atoms with Crippen molar-refractivity contribution in [3.05, 3.63) is 21.4 Å². The van der Waals surface area contributed by atoms with Gasteiger partial charge in [-0.3, -0.25) is 4.79 Å². The van der Waals surface area contributed by atoms with Crippen molar-refractivity contribution >= 4 is 23.2 Å². The molecular formula is C20H27NO6S. The zero-order chi connectivity index (χ0) is 19.9. The van der Waals surface area contributed by atoms with Crippen LogP contribution in [0.25, 0.3) is 0 Å². The molecule has 1 aromatic heterocycles. The molecule has 2 fully saturated rings. The van der Waals surface area contributed by atoms with Crippen LogP contribution in [0.3, 0.4) is 0 Å². The Morgan fingerprint density at radius 1 is 1.32 bits per heavy atom. The standard InChI is InChI=1S/C20H27NO6S/c1-26-15-10-13(2-3-14(15)22)18(23)21-7-5-20(6-8-21)17-12(4-9-27-20)11-16(28-17)19(24)25/h11,13-15,22H,2-10H2,1H3,(H,24,25)/t13-,14+,15-/m0/s1. The number of likely N-dealkylation sites (tertiary alicyclic amines) is 1. The van der Waals surface area contributed by atoms with Crippen LogP contribution in [0, 0.1) is 5.92 Å². The maximum absolute atomic E-state index is 13.0. The van der Waals surface area contributed by atoms with Gasteiger partial charge in [-0.1, -0.05) is 0 Å². The van der Waals surface area contributed by atoms with Crippen LogP contribution in [0.4, 0.5) is 0 Å². The van der Waals surface area contributed by atoms with Crippen LogP contribution < -0.4 is 0 Å². The van der Waals surface area contributed by atoms with Gasteiger partial charge >= 0.3 is 5.97 Å². The fourth-order valence-corrected chi connectivity index (χ4v) is 6.09. The predicted octanol–water partition coefficient (Wildman–Crippen LogP) is 2.01. The summed E-state index contributed by atoms with van der Waals surface area (Å²) in [6.07, 6.45) is 3.20. The van der Waals surface area contributed by atoms with E-state index in [1.165, 1.54) is 11.3 Å². The number of piperidine rings is 1. The van der Waals surface area contributed by atoms with Gasteiger partial charge in [0.1, 0.15) is 10.5 Å². The molecule has 3 heterocycles. The van der Waals surface area contributed by atoms with Crippen molar-refractivity contribution in [3.8, 4) is 0 Å². The number of aromatic carboxylic acids is 1. The lowest BCUT2D eigenvalue weighted by molar-refractivity contribution is -0.149. The van der Waals surface area contributed by atoms with Gasteiger partial charge < -0.3 is 24.6 Å². The number of fused-ring (bicyclic) bond motifs is 2. The predicted molar refractivity (Wildman–Crippen MR) is 103 cm³/mol. The summed E-state index contributed by atoms with van der Waals surface area (Å²) in [5, 5.41) is 19.3. The number of nitrogens with zero attached hydrogens (tertiary/aromatic N) is 1. The number of thiophene rings is 1. The molecule has 1 saturated heterocycles. The van der Waals surface area contributed by atoms with Crippen molar-refractivity contribution in [1.82, 2.24) is 4.90 Å². The van der Waals surface area contributed by atoms with Gasteiger partial charge in [-0.15, -0.1) is 11.3 Å². The van der Waals surface area contributed by atoms with Crippen molar-refractivity contribution in [2.24, 2.45) is 5.92 Å². The molecular weight excluding hydrogens is 382 g/mol. The van der Waals surface area contributed by atoms with Gasteiger partial charge in [-0.2, -0.15) is 0 Å². The molecule has 3 atom stereocenters. The third-order valence-electron chi connectivity index (χ3n) is 6.48. The summed E-state index contributed by atoms with van der Waals surface area (Å²) in [5.74, 6) is -0.864. The van der Waals surface area contributed by atoms with Crippen molar-refractivity contribution < 1.29 is 29.3 Å². The summed E-state index contributed by atoms with van der Waals surface area (Å²) in [6.45, 7) is 1.80. The number of carboxylic acids is 1. The molecule has 0 aromatic carbocycles. The zero-order valence-corrected chi connectivity index (χ0v) is 16.9. The van der Waals surface area contributed by atoms with E-state index in [1.54, 1.807) is 13.2 Å². The summed E-state index contributed by atoms with van der Waals surface area (Å²) in [5.41, 5.74) is 0.623. The highest BCUT2D eigenvalue weighted by Gasteiger charge is 2.44. The highest BCUT2D eigenvalue weighted by Crippen LogP contribution is 2.45. The van der Waals surface area contributed by atoms with Crippen molar-refractivity contribution in [3.63, 3.8) is 0 Å². The van der Waals surface area contributed by atoms with Crippen LogP contribution >= 0.6 is 11.3 Å². The molecule has 2 N–H and O–H groups in total. The van der Waals surface area contributed by atoms with Crippen LogP contribution in [0.15, 0.2) is 6.07 Å². The van der Waals surface area contributed by atoms with E-state index in [-0.39, 0.29) is 17.9 Å². The summed E-state index contributed by atoms with van der Waals surface area (Å²) in [4.78, 5) is 27.7. The second-order valence-corrected chi connectivity index (χ2v) is 9.09. The van der Waals surface area contributed by atoms with Crippen molar-refractivity contribution in [2.75, 3.05) is 26.8 Å². The Morgan fingerprint density at radius 2 is 2.07 bits per heavy atom. The average Bonchev–Trinajstić information content (AvgIpc) is 3.15. The number of aliphatic hydroxyl groups is 1. The molecule has 1 aliphatic carbocycles.